The maximum atomic E-state index is 2.46. The summed E-state index contributed by atoms with van der Waals surface area (Å²) in [5, 5.41) is 0. The molecule has 3 atom stereocenters. The molecule has 4 saturated carbocycles. The molecule has 0 heteroatoms. The van der Waals surface area contributed by atoms with Gasteiger partial charge in [0.2, 0.25) is 0 Å². The number of hydrogen-bond donors (Lipinski definition) is 0. The summed E-state index contributed by atoms with van der Waals surface area (Å²) in [6, 6.07) is 0. The molecule has 180 valence electrons. The van der Waals surface area contributed by atoms with Crippen LogP contribution in [0, 0.1) is 35.0 Å². The smallest absolute Gasteiger partial charge is 0.0323 e. The van der Waals surface area contributed by atoms with Gasteiger partial charge in [-0.05, 0) is 73.5 Å². The van der Waals surface area contributed by atoms with Crippen molar-refractivity contribution in [3.8, 4) is 0 Å². The van der Waals surface area contributed by atoms with E-state index in [1.54, 1.807) is 6.42 Å². The van der Waals surface area contributed by atoms with Gasteiger partial charge in [-0.25, -0.2) is 0 Å². The van der Waals surface area contributed by atoms with E-state index in [4.69, 9.17) is 0 Å². The Morgan fingerprint density at radius 3 is 1.38 bits per heavy atom. The van der Waals surface area contributed by atoms with Crippen LogP contribution in [-0.4, -0.2) is 0 Å². The van der Waals surface area contributed by atoms with Gasteiger partial charge in [0.15, 0.2) is 0 Å². The summed E-state index contributed by atoms with van der Waals surface area (Å²) < 4.78 is 0. The van der Waals surface area contributed by atoms with Gasteiger partial charge in [-0.3, -0.25) is 0 Å². The maximum Gasteiger partial charge on any atom is -0.0323 e. The van der Waals surface area contributed by atoms with Gasteiger partial charge >= 0.3 is 0 Å². The van der Waals surface area contributed by atoms with Crippen LogP contribution in [0.1, 0.15) is 154 Å². The third-order valence-corrected chi connectivity index (χ3v) is 7.84. The first-order valence-electron chi connectivity index (χ1n) is 12.4. The first-order chi connectivity index (χ1) is 12.4. The van der Waals surface area contributed by atoms with Crippen LogP contribution >= 0.6 is 0 Å². The normalized spacial score (nSPS) is 34.9. The molecule has 0 aliphatic heterocycles. The summed E-state index contributed by atoms with van der Waals surface area (Å²) >= 11 is 0. The summed E-state index contributed by atoms with van der Waals surface area (Å²) in [6.45, 7) is 16.0. The second-order valence-corrected chi connectivity index (χ2v) is 10.6. The molecule has 0 aromatic carbocycles. The van der Waals surface area contributed by atoms with Gasteiger partial charge < -0.3 is 0 Å². The zero-order chi connectivity index (χ0) is 19.6. The van der Waals surface area contributed by atoms with E-state index in [0.717, 1.165) is 35.0 Å². The molecular weight excluding hydrogens is 348 g/mol. The van der Waals surface area contributed by atoms with Crippen molar-refractivity contribution in [1.29, 1.82) is 0 Å². The summed E-state index contributed by atoms with van der Waals surface area (Å²) in [6.07, 6.45) is 19.5. The SMILES string of the molecule is C.C.C.CC.CC12CCC(CC1)C2.CC1CCCC(C)C(C)C1.CC1CCCC1. The lowest BCUT2D eigenvalue weighted by Gasteiger charge is -2.18. The summed E-state index contributed by atoms with van der Waals surface area (Å²) in [4.78, 5) is 0. The first-order valence-corrected chi connectivity index (χ1v) is 12.4. The Labute approximate surface area is 189 Å². The Balaban J connectivity index is -0.000000326. The van der Waals surface area contributed by atoms with Gasteiger partial charge in [-0.2, -0.15) is 0 Å². The fourth-order valence-electron chi connectivity index (χ4n) is 5.67. The number of rotatable bonds is 0. The van der Waals surface area contributed by atoms with E-state index in [1.807, 2.05) is 13.8 Å². The van der Waals surface area contributed by atoms with Crippen LogP contribution in [0.3, 0.4) is 0 Å². The van der Waals surface area contributed by atoms with Gasteiger partial charge in [-0.15, -0.1) is 0 Å². The molecule has 4 fully saturated rings. The largest absolute Gasteiger partial charge is 0.0776 e. The lowest BCUT2D eigenvalue weighted by Crippen LogP contribution is -2.07. The Hall–Kier alpha value is 0. The van der Waals surface area contributed by atoms with Crippen LogP contribution < -0.4 is 0 Å². The van der Waals surface area contributed by atoms with E-state index in [9.17, 15) is 0 Å². The molecule has 0 N–H and O–H groups in total. The van der Waals surface area contributed by atoms with Crippen molar-refractivity contribution in [2.45, 2.75) is 154 Å². The summed E-state index contributed by atoms with van der Waals surface area (Å²) in [5.41, 5.74) is 0.810. The second-order valence-electron chi connectivity index (χ2n) is 10.6. The lowest BCUT2D eigenvalue weighted by atomic mass is 9.87. The molecule has 0 saturated heterocycles. The average Bonchev–Trinajstić information content (AvgIpc) is 3.32. The lowest BCUT2D eigenvalue weighted by molar-refractivity contribution is 0.332. The van der Waals surface area contributed by atoms with Crippen molar-refractivity contribution in [3.63, 3.8) is 0 Å². The van der Waals surface area contributed by atoms with Gasteiger partial charge in [0.1, 0.15) is 0 Å². The fraction of sp³-hybridized carbons (Fsp3) is 1.00. The summed E-state index contributed by atoms with van der Waals surface area (Å²) in [7, 11) is 0. The zero-order valence-electron chi connectivity index (χ0n) is 19.6. The second kappa shape index (κ2) is 17.7. The van der Waals surface area contributed by atoms with Crippen molar-refractivity contribution >= 4 is 0 Å². The summed E-state index contributed by atoms with van der Waals surface area (Å²) in [5.74, 6) is 5.12. The van der Waals surface area contributed by atoms with E-state index in [-0.39, 0.29) is 22.3 Å². The first kappa shape index (κ1) is 33.6. The highest BCUT2D eigenvalue weighted by atomic mass is 14.5. The van der Waals surface area contributed by atoms with Crippen LogP contribution in [0.2, 0.25) is 0 Å². The topological polar surface area (TPSA) is 0 Å². The molecule has 2 bridgehead atoms. The van der Waals surface area contributed by atoms with E-state index in [2.05, 4.69) is 34.6 Å². The third-order valence-electron chi connectivity index (χ3n) is 7.84. The minimum atomic E-state index is 0. The van der Waals surface area contributed by atoms with Crippen molar-refractivity contribution in [2.75, 3.05) is 0 Å². The van der Waals surface area contributed by atoms with Crippen LogP contribution in [-0.2, 0) is 0 Å². The molecular formula is C29H64. The van der Waals surface area contributed by atoms with Crippen molar-refractivity contribution in [1.82, 2.24) is 0 Å². The van der Waals surface area contributed by atoms with E-state index in [0.29, 0.717) is 0 Å². The Morgan fingerprint density at radius 1 is 0.586 bits per heavy atom. The van der Waals surface area contributed by atoms with Crippen molar-refractivity contribution in [3.05, 3.63) is 0 Å². The highest BCUT2D eigenvalue weighted by molar-refractivity contribution is 4.92. The predicted octanol–water partition coefficient (Wildman–Crippen LogP) is 11.2. The molecule has 0 heterocycles. The maximum absolute atomic E-state index is 2.46. The van der Waals surface area contributed by atoms with E-state index < -0.39 is 0 Å². The molecule has 0 spiro atoms. The van der Waals surface area contributed by atoms with E-state index in [1.165, 1.54) is 77.0 Å². The monoisotopic (exact) mass is 413 g/mol. The highest BCUT2D eigenvalue weighted by Crippen LogP contribution is 2.53. The molecule has 0 nitrogen and oxygen atoms in total. The standard InChI is InChI=1S/C10H20.C8H14.C6H12.C2H6.3CH4/c1-8-5-4-6-9(2)10(3)7-8;1-8-4-2-7(6-8)3-5-8;1-6-4-2-3-5-6;1-2;;;/h8-10H,4-7H2,1-3H3;7H,2-6H2,1H3;6H,2-5H2,1H3;1-2H3;3*1H4. The highest BCUT2D eigenvalue weighted by Gasteiger charge is 2.40. The molecule has 3 unspecified atom stereocenters. The Kier molecular flexibility index (Phi) is 20.5. The average molecular weight is 413 g/mol. The Bertz CT molecular complexity index is 330. The molecule has 4 aliphatic rings. The fourth-order valence-corrected chi connectivity index (χ4v) is 5.67. The number of hydrogen-bond acceptors (Lipinski definition) is 0. The van der Waals surface area contributed by atoms with Crippen molar-refractivity contribution in [2.24, 2.45) is 35.0 Å². The van der Waals surface area contributed by atoms with E-state index >= 15 is 0 Å². The van der Waals surface area contributed by atoms with Crippen LogP contribution in [0.5, 0.6) is 0 Å². The van der Waals surface area contributed by atoms with Gasteiger partial charge in [0, 0.05) is 0 Å². The van der Waals surface area contributed by atoms with Gasteiger partial charge in [0.25, 0.3) is 0 Å². The Morgan fingerprint density at radius 2 is 1.07 bits per heavy atom. The van der Waals surface area contributed by atoms with Gasteiger partial charge in [0.05, 0.1) is 0 Å². The third kappa shape index (κ3) is 13.1. The molecule has 4 aliphatic carbocycles. The van der Waals surface area contributed by atoms with Crippen LogP contribution in [0.4, 0.5) is 0 Å². The zero-order valence-corrected chi connectivity index (χ0v) is 19.6. The molecule has 29 heavy (non-hydrogen) atoms. The minimum Gasteiger partial charge on any atom is -0.0776 e. The predicted molar refractivity (Wildman–Crippen MR) is 140 cm³/mol. The van der Waals surface area contributed by atoms with Crippen LogP contribution in [0.15, 0.2) is 0 Å². The minimum absolute atomic E-state index is 0. The van der Waals surface area contributed by atoms with Gasteiger partial charge in [-0.1, -0.05) is 116 Å². The quantitative estimate of drug-likeness (QED) is 0.347. The molecule has 0 amide bonds. The van der Waals surface area contributed by atoms with Crippen molar-refractivity contribution < 1.29 is 0 Å². The molecule has 4 rings (SSSR count). The number of fused-ring (bicyclic) bond motifs is 2. The molecule has 0 aromatic heterocycles. The molecule has 0 aromatic rings. The molecule has 0 radical (unpaired) electrons. The van der Waals surface area contributed by atoms with Crippen LogP contribution in [0.25, 0.3) is 0 Å².